The highest BCUT2D eigenvalue weighted by Gasteiger charge is 2.55. The lowest BCUT2D eigenvalue weighted by Crippen LogP contribution is -2.55. The summed E-state index contributed by atoms with van der Waals surface area (Å²) in [7, 11) is 0. The Morgan fingerprint density at radius 3 is 2.36 bits per heavy atom. The fraction of sp³-hybridized carbons (Fsp3) is 0.634. The van der Waals surface area contributed by atoms with Crippen molar-refractivity contribution in [2.75, 3.05) is 0 Å². The number of carboxylic acid groups (broad SMARTS) is 1. The van der Waals surface area contributed by atoms with Gasteiger partial charge in [0, 0.05) is 18.1 Å². The van der Waals surface area contributed by atoms with Gasteiger partial charge in [-0.25, -0.2) is 4.79 Å². The molecular weight excluding hydrogens is 634 g/mol. The Kier molecular flexibility index (Phi) is 13.1. The lowest BCUT2D eigenvalue weighted by Gasteiger charge is -2.47. The topological polar surface area (TPSA) is 146 Å². The van der Waals surface area contributed by atoms with Gasteiger partial charge in [-0.3, -0.25) is 9.79 Å². The van der Waals surface area contributed by atoms with E-state index in [-0.39, 0.29) is 53.7 Å². The van der Waals surface area contributed by atoms with Crippen molar-refractivity contribution in [1.29, 1.82) is 0 Å². The zero-order chi connectivity index (χ0) is 37.0. The van der Waals surface area contributed by atoms with Crippen LogP contribution in [0.1, 0.15) is 120 Å². The number of aryl methyl sites for hydroxylation is 1. The Balaban J connectivity index is 1.49. The molecule has 2 saturated heterocycles. The zero-order valence-corrected chi connectivity index (χ0v) is 31.2. The number of Topliss-reactive ketones (excluding diaryl/α,β-unsaturated/α-hetero) is 1. The molecule has 9 heteroatoms. The molecule has 0 saturated carbocycles. The molecule has 0 aliphatic carbocycles. The summed E-state index contributed by atoms with van der Waals surface area (Å²) in [6.07, 6.45) is 4.55. The van der Waals surface area contributed by atoms with E-state index in [0.29, 0.717) is 48.9 Å². The molecule has 2 heterocycles. The Morgan fingerprint density at radius 1 is 1.10 bits per heavy atom. The molecule has 0 spiro atoms. The molecule has 4 rings (SSSR count). The summed E-state index contributed by atoms with van der Waals surface area (Å²) in [4.78, 5) is 31.1. The highest BCUT2D eigenvalue weighted by atomic mass is 16.6. The molecular formula is C41H59NO8. The first-order valence-corrected chi connectivity index (χ1v) is 18.6. The van der Waals surface area contributed by atoms with Crippen molar-refractivity contribution in [2.45, 2.75) is 142 Å². The van der Waals surface area contributed by atoms with Crippen LogP contribution in [0.25, 0.3) is 0 Å². The molecule has 0 radical (unpaired) electrons. The number of aliphatic imine (C=N–C) groups is 1. The van der Waals surface area contributed by atoms with Crippen molar-refractivity contribution in [1.82, 2.24) is 0 Å². The van der Waals surface area contributed by atoms with Gasteiger partial charge in [-0.2, -0.15) is 0 Å². The van der Waals surface area contributed by atoms with Gasteiger partial charge in [-0.1, -0.05) is 71.9 Å². The molecule has 2 aromatic rings. The smallest absolute Gasteiger partial charge is 0.339 e. The number of rotatable bonds is 15. The fourth-order valence-corrected chi connectivity index (χ4v) is 8.36. The van der Waals surface area contributed by atoms with Crippen molar-refractivity contribution in [3.63, 3.8) is 0 Å². The molecule has 4 N–H and O–H groups in total. The van der Waals surface area contributed by atoms with Gasteiger partial charge in [0.05, 0.1) is 41.3 Å². The number of hydrogen-bond donors (Lipinski definition) is 4. The van der Waals surface area contributed by atoms with Crippen LogP contribution >= 0.6 is 0 Å². The average Bonchev–Trinajstić information content (AvgIpc) is 3.45. The number of carbonyl (C=O) groups is 2. The largest absolute Gasteiger partial charge is 0.507 e. The van der Waals surface area contributed by atoms with Crippen molar-refractivity contribution in [3.05, 3.63) is 58.7 Å². The van der Waals surface area contributed by atoms with Crippen molar-refractivity contribution in [2.24, 2.45) is 28.7 Å². The third-order valence-corrected chi connectivity index (χ3v) is 11.9. The van der Waals surface area contributed by atoms with E-state index in [9.17, 15) is 30.0 Å². The summed E-state index contributed by atoms with van der Waals surface area (Å²) in [5, 5.41) is 43.3. The number of carbonyl (C=O) groups excluding carboxylic acids is 1. The number of aliphatic hydroxyl groups is 2. The van der Waals surface area contributed by atoms with Crippen LogP contribution in [-0.4, -0.2) is 74.0 Å². The van der Waals surface area contributed by atoms with Crippen LogP contribution in [0.4, 0.5) is 5.69 Å². The van der Waals surface area contributed by atoms with Crippen LogP contribution in [0.3, 0.4) is 0 Å². The minimum Gasteiger partial charge on any atom is -0.507 e. The van der Waals surface area contributed by atoms with Gasteiger partial charge in [-0.15, -0.1) is 0 Å². The molecule has 9 nitrogen and oxygen atoms in total. The predicted molar refractivity (Wildman–Crippen MR) is 195 cm³/mol. The number of benzene rings is 2. The average molecular weight is 694 g/mol. The second-order valence-electron chi connectivity index (χ2n) is 15.0. The number of carboxylic acids is 1. The molecule has 0 amide bonds. The molecule has 276 valence electrons. The van der Waals surface area contributed by atoms with Crippen molar-refractivity contribution in [3.8, 4) is 5.75 Å². The van der Waals surface area contributed by atoms with Gasteiger partial charge in [0.1, 0.15) is 17.1 Å². The van der Waals surface area contributed by atoms with E-state index in [1.54, 1.807) is 26.1 Å². The Hall–Kier alpha value is -3.11. The second-order valence-corrected chi connectivity index (χ2v) is 15.0. The maximum Gasteiger partial charge on any atom is 0.339 e. The Labute approximate surface area is 298 Å². The molecule has 0 unspecified atom stereocenters. The number of aliphatic hydroxyl groups excluding tert-OH is 1. The maximum absolute atomic E-state index is 14.1. The van der Waals surface area contributed by atoms with E-state index in [1.807, 2.05) is 58.0 Å². The number of hydrogen-bond acceptors (Lipinski definition) is 8. The van der Waals surface area contributed by atoms with Gasteiger partial charge in [0.25, 0.3) is 0 Å². The molecule has 50 heavy (non-hydrogen) atoms. The van der Waals surface area contributed by atoms with E-state index < -0.39 is 35.1 Å². The number of nitrogens with zero attached hydrogens (tertiary/aromatic N) is 1. The number of ether oxygens (including phenoxy) is 2. The lowest BCUT2D eigenvalue weighted by molar-refractivity contribution is -0.229. The van der Waals surface area contributed by atoms with Crippen LogP contribution < -0.4 is 0 Å². The summed E-state index contributed by atoms with van der Waals surface area (Å²) < 4.78 is 13.3. The van der Waals surface area contributed by atoms with Crippen LogP contribution in [-0.2, 0) is 20.7 Å². The van der Waals surface area contributed by atoms with Crippen LogP contribution in [0.5, 0.6) is 5.75 Å². The monoisotopic (exact) mass is 693 g/mol. The quantitative estimate of drug-likeness (QED) is 0.140. The minimum absolute atomic E-state index is 0.0405. The number of aromatic carboxylic acids is 1. The van der Waals surface area contributed by atoms with E-state index in [0.717, 1.165) is 18.4 Å². The van der Waals surface area contributed by atoms with Gasteiger partial charge in [0.15, 0.2) is 0 Å². The molecule has 0 bridgehead atoms. The van der Waals surface area contributed by atoms with Crippen LogP contribution in [0, 0.1) is 30.6 Å². The Morgan fingerprint density at radius 2 is 1.78 bits per heavy atom. The van der Waals surface area contributed by atoms with E-state index in [2.05, 4.69) is 18.8 Å². The summed E-state index contributed by atoms with van der Waals surface area (Å²) in [5.74, 6) is -2.91. The summed E-state index contributed by atoms with van der Waals surface area (Å²) in [6.45, 7) is 15.4. The first kappa shape index (κ1) is 39.7. The minimum atomic E-state index is -1.25. The highest BCUT2D eigenvalue weighted by molar-refractivity contribution is 5.95. The predicted octanol–water partition coefficient (Wildman–Crippen LogP) is 7.59. The molecule has 2 aliphatic heterocycles. The lowest BCUT2D eigenvalue weighted by atomic mass is 9.76. The SMILES string of the molecule is CC[C@@H](C(=O)[C@@H](C)[C@@H](O)[C@H](C)CCc1c(N=Cc2ccccc2)cc(C)c(O)c1C(=O)O)[C@H]1O[C@](CC)([C@H]2CC[C@](O)(CC)[C@H](C)O2)C[C@@H]1C. The third-order valence-electron chi connectivity index (χ3n) is 11.9. The first-order valence-electron chi connectivity index (χ1n) is 18.6. The van der Waals surface area contributed by atoms with Crippen molar-refractivity contribution < 1.29 is 39.5 Å². The first-order chi connectivity index (χ1) is 23.6. The highest BCUT2D eigenvalue weighted by Crippen LogP contribution is 2.48. The summed E-state index contributed by atoms with van der Waals surface area (Å²) in [5.41, 5.74) is 0.517. The Bertz CT molecular complexity index is 1510. The number of phenols is 1. The van der Waals surface area contributed by atoms with E-state index in [4.69, 9.17) is 9.47 Å². The number of ketones is 1. The van der Waals surface area contributed by atoms with Crippen LogP contribution in [0.15, 0.2) is 41.4 Å². The number of aromatic hydroxyl groups is 1. The third kappa shape index (κ3) is 8.17. The van der Waals surface area contributed by atoms with Gasteiger partial charge < -0.3 is 29.9 Å². The summed E-state index contributed by atoms with van der Waals surface area (Å²) >= 11 is 0. The molecule has 2 fully saturated rings. The standard InChI is InChI=1S/C41H59NO8/c1-9-30(38-26(6)22-41(11-3,50-38)33-19-20-40(48,10-2)28(8)49-33)37(45)27(7)35(43)24(4)17-18-31-32(42-23-29-15-13-12-14-16-29)21-25(5)36(44)34(31)39(46)47/h12-16,21,23-24,26-28,30,33,35,38,43-44,48H,9-11,17-20,22H2,1-8H3,(H,46,47)/t24-,26+,27+,28+,30+,33-,35+,38+,40-,41+/m1/s1. The van der Waals surface area contributed by atoms with Gasteiger partial charge >= 0.3 is 5.97 Å². The molecule has 0 aromatic heterocycles. The second kappa shape index (κ2) is 16.5. The molecule has 2 aliphatic rings. The molecule has 2 aromatic carbocycles. The normalized spacial score (nSPS) is 29.5. The fourth-order valence-electron chi connectivity index (χ4n) is 8.36. The van der Waals surface area contributed by atoms with Crippen LogP contribution in [0.2, 0.25) is 0 Å². The molecule has 10 atom stereocenters. The van der Waals surface area contributed by atoms with Crippen molar-refractivity contribution >= 4 is 23.7 Å². The summed E-state index contributed by atoms with van der Waals surface area (Å²) in [6, 6.07) is 11.1. The zero-order valence-electron chi connectivity index (χ0n) is 31.2. The van der Waals surface area contributed by atoms with Gasteiger partial charge in [-0.05, 0) is 99.8 Å². The maximum atomic E-state index is 14.1. The van der Waals surface area contributed by atoms with Gasteiger partial charge in [0.2, 0.25) is 0 Å². The van der Waals surface area contributed by atoms with E-state index >= 15 is 0 Å². The van der Waals surface area contributed by atoms with E-state index in [1.165, 1.54) is 0 Å².